The van der Waals surface area contributed by atoms with Crippen molar-refractivity contribution < 1.29 is 9.05 Å². The molecule has 144 valence electrons. The predicted octanol–water partition coefficient (Wildman–Crippen LogP) is 5.61. The summed E-state index contributed by atoms with van der Waals surface area (Å²) in [4.78, 5) is 0. The van der Waals surface area contributed by atoms with Crippen LogP contribution in [0.5, 0.6) is 11.5 Å². The SMILES string of the molecule is Nc1cccc(OP(Oc2cccc(N)c2)c2ccc(-c3ccccc3)cc2)c1. The molecule has 0 radical (unpaired) electrons. The minimum Gasteiger partial charge on any atom is -0.435 e. The van der Waals surface area contributed by atoms with Crippen LogP contribution >= 0.6 is 8.38 Å². The van der Waals surface area contributed by atoms with Crippen molar-refractivity contribution in [3.63, 3.8) is 0 Å². The molecule has 4 aromatic carbocycles. The highest BCUT2D eigenvalue weighted by Gasteiger charge is 2.19. The van der Waals surface area contributed by atoms with Crippen LogP contribution in [-0.2, 0) is 0 Å². The topological polar surface area (TPSA) is 70.5 Å². The van der Waals surface area contributed by atoms with Crippen LogP contribution in [0.15, 0.2) is 103 Å². The van der Waals surface area contributed by atoms with Gasteiger partial charge in [-0.15, -0.1) is 0 Å². The standard InChI is InChI=1S/C24H21N2O2P/c25-20-8-4-10-22(16-20)27-29(28-23-11-5-9-21(26)17-23)24-14-12-19(13-15-24)18-6-2-1-3-7-18/h1-17H,25-26H2. The Bertz CT molecular complexity index is 1040. The molecular weight excluding hydrogens is 379 g/mol. The minimum atomic E-state index is -1.43. The summed E-state index contributed by atoms with van der Waals surface area (Å²) in [7, 11) is -1.43. The molecular formula is C24H21N2O2P. The van der Waals surface area contributed by atoms with Crippen LogP contribution in [0.2, 0.25) is 0 Å². The molecule has 0 atom stereocenters. The van der Waals surface area contributed by atoms with E-state index in [1.807, 2.05) is 66.7 Å². The molecule has 0 bridgehead atoms. The van der Waals surface area contributed by atoms with Gasteiger partial charge in [0, 0.05) is 23.5 Å². The van der Waals surface area contributed by atoms with Crippen molar-refractivity contribution in [2.45, 2.75) is 0 Å². The van der Waals surface area contributed by atoms with Crippen LogP contribution in [0, 0.1) is 0 Å². The Kier molecular flexibility index (Phi) is 5.64. The first-order valence-corrected chi connectivity index (χ1v) is 10.4. The Balaban J connectivity index is 1.63. The Hall–Kier alpha value is -3.49. The third kappa shape index (κ3) is 4.87. The van der Waals surface area contributed by atoms with Gasteiger partial charge in [-0.1, -0.05) is 54.6 Å². The molecule has 0 aliphatic heterocycles. The van der Waals surface area contributed by atoms with Gasteiger partial charge in [-0.3, -0.25) is 0 Å². The zero-order valence-electron chi connectivity index (χ0n) is 15.7. The number of hydrogen-bond donors (Lipinski definition) is 2. The largest absolute Gasteiger partial charge is 0.435 e. The smallest absolute Gasteiger partial charge is 0.326 e. The summed E-state index contributed by atoms with van der Waals surface area (Å²) < 4.78 is 12.4. The van der Waals surface area contributed by atoms with E-state index in [0.717, 1.165) is 16.4 Å². The van der Waals surface area contributed by atoms with Gasteiger partial charge in [-0.2, -0.15) is 0 Å². The molecule has 0 saturated carbocycles. The fraction of sp³-hybridized carbons (Fsp3) is 0. The van der Waals surface area contributed by atoms with Crippen molar-refractivity contribution in [1.29, 1.82) is 0 Å². The van der Waals surface area contributed by atoms with E-state index in [1.54, 1.807) is 12.1 Å². The fourth-order valence-corrected chi connectivity index (χ4v) is 4.12. The molecule has 0 unspecified atom stereocenters. The Morgan fingerprint density at radius 3 is 1.55 bits per heavy atom. The molecule has 5 heteroatoms. The third-order valence-electron chi connectivity index (χ3n) is 4.28. The lowest BCUT2D eigenvalue weighted by Crippen LogP contribution is -2.10. The van der Waals surface area contributed by atoms with Crippen molar-refractivity contribution in [3.05, 3.63) is 103 Å². The van der Waals surface area contributed by atoms with Crippen molar-refractivity contribution >= 4 is 25.1 Å². The van der Waals surface area contributed by atoms with Crippen molar-refractivity contribution in [2.24, 2.45) is 0 Å². The van der Waals surface area contributed by atoms with Crippen LogP contribution in [0.1, 0.15) is 0 Å². The first kappa shape index (κ1) is 18.9. The molecule has 4 aromatic rings. The number of nitrogens with two attached hydrogens (primary N) is 2. The number of rotatable bonds is 6. The Labute approximate surface area is 171 Å². The van der Waals surface area contributed by atoms with Crippen molar-refractivity contribution in [2.75, 3.05) is 11.5 Å². The summed E-state index contributed by atoms with van der Waals surface area (Å²) in [6, 6.07) is 33.1. The average Bonchev–Trinajstić information content (AvgIpc) is 2.74. The van der Waals surface area contributed by atoms with Crippen LogP contribution in [-0.4, -0.2) is 0 Å². The van der Waals surface area contributed by atoms with Gasteiger partial charge in [0.15, 0.2) is 0 Å². The Morgan fingerprint density at radius 2 is 1.03 bits per heavy atom. The minimum absolute atomic E-state index is 0.640. The maximum Gasteiger partial charge on any atom is 0.326 e. The molecule has 0 spiro atoms. The number of anilines is 2. The lowest BCUT2D eigenvalue weighted by Gasteiger charge is -2.19. The van der Waals surface area contributed by atoms with E-state index in [1.165, 1.54) is 0 Å². The summed E-state index contributed by atoms with van der Waals surface area (Å²) in [6.45, 7) is 0. The van der Waals surface area contributed by atoms with Gasteiger partial charge in [0.2, 0.25) is 0 Å². The maximum atomic E-state index is 6.19. The zero-order valence-corrected chi connectivity index (χ0v) is 16.6. The lowest BCUT2D eigenvalue weighted by atomic mass is 10.1. The van der Waals surface area contributed by atoms with E-state index in [9.17, 15) is 0 Å². The van der Waals surface area contributed by atoms with Gasteiger partial charge in [0.25, 0.3) is 0 Å². The highest BCUT2D eigenvalue weighted by Crippen LogP contribution is 2.40. The summed E-state index contributed by atoms with van der Waals surface area (Å²) in [5, 5.41) is 0.949. The van der Waals surface area contributed by atoms with Gasteiger partial charge in [-0.25, -0.2) is 0 Å². The van der Waals surface area contributed by atoms with Crippen LogP contribution < -0.4 is 25.8 Å². The third-order valence-corrected chi connectivity index (χ3v) is 5.75. The molecule has 0 aromatic heterocycles. The molecule has 0 heterocycles. The molecule has 0 amide bonds. The molecule has 29 heavy (non-hydrogen) atoms. The highest BCUT2D eigenvalue weighted by atomic mass is 31.2. The van der Waals surface area contributed by atoms with Crippen LogP contribution in [0.3, 0.4) is 0 Å². The summed E-state index contributed by atoms with van der Waals surface area (Å²) >= 11 is 0. The van der Waals surface area contributed by atoms with Crippen molar-refractivity contribution in [1.82, 2.24) is 0 Å². The van der Waals surface area contributed by atoms with Gasteiger partial charge in [0.05, 0.1) is 5.30 Å². The van der Waals surface area contributed by atoms with E-state index in [4.69, 9.17) is 20.5 Å². The molecule has 4 rings (SSSR count). The second-order valence-corrected chi connectivity index (χ2v) is 7.89. The van der Waals surface area contributed by atoms with E-state index < -0.39 is 8.38 Å². The first-order chi connectivity index (χ1) is 14.2. The van der Waals surface area contributed by atoms with Crippen molar-refractivity contribution in [3.8, 4) is 22.6 Å². The molecule has 0 saturated heterocycles. The zero-order chi connectivity index (χ0) is 20.1. The van der Waals surface area contributed by atoms with Gasteiger partial charge >= 0.3 is 8.38 Å². The highest BCUT2D eigenvalue weighted by molar-refractivity contribution is 7.56. The van der Waals surface area contributed by atoms with Crippen LogP contribution in [0.4, 0.5) is 11.4 Å². The van der Waals surface area contributed by atoms with Crippen LogP contribution in [0.25, 0.3) is 11.1 Å². The van der Waals surface area contributed by atoms with E-state index in [-0.39, 0.29) is 0 Å². The second kappa shape index (κ2) is 8.68. The normalized spacial score (nSPS) is 10.7. The van der Waals surface area contributed by atoms with E-state index in [2.05, 4.69) is 24.3 Å². The quantitative estimate of drug-likeness (QED) is 0.326. The summed E-state index contributed by atoms with van der Waals surface area (Å²) in [6.07, 6.45) is 0. The Morgan fingerprint density at radius 1 is 0.517 bits per heavy atom. The monoisotopic (exact) mass is 400 g/mol. The molecule has 4 N–H and O–H groups in total. The second-order valence-electron chi connectivity index (χ2n) is 6.50. The van der Waals surface area contributed by atoms with Gasteiger partial charge in [0.1, 0.15) is 11.5 Å². The molecule has 0 aliphatic carbocycles. The average molecular weight is 400 g/mol. The number of hydrogen-bond acceptors (Lipinski definition) is 4. The maximum absolute atomic E-state index is 6.19. The first-order valence-electron chi connectivity index (χ1n) is 9.20. The fourth-order valence-electron chi connectivity index (χ4n) is 2.86. The van der Waals surface area contributed by atoms with E-state index in [0.29, 0.717) is 22.9 Å². The molecule has 4 nitrogen and oxygen atoms in total. The number of benzene rings is 4. The lowest BCUT2D eigenvalue weighted by molar-refractivity contribution is 0.502. The molecule has 0 fully saturated rings. The molecule has 0 aliphatic rings. The van der Waals surface area contributed by atoms with Gasteiger partial charge < -0.3 is 20.5 Å². The van der Waals surface area contributed by atoms with Gasteiger partial charge in [-0.05, 0) is 47.5 Å². The summed E-state index contributed by atoms with van der Waals surface area (Å²) in [5.74, 6) is 1.32. The predicted molar refractivity (Wildman–Crippen MR) is 121 cm³/mol. The summed E-state index contributed by atoms with van der Waals surface area (Å²) in [5.41, 5.74) is 15.4. The van der Waals surface area contributed by atoms with E-state index >= 15 is 0 Å². The number of nitrogen functional groups attached to an aromatic ring is 2.